The lowest BCUT2D eigenvalue weighted by Crippen LogP contribution is -2.09. The van der Waals surface area contributed by atoms with E-state index in [2.05, 4.69) is 4.40 Å². The van der Waals surface area contributed by atoms with E-state index < -0.39 is 14.9 Å². The molecule has 7 nitrogen and oxygen atoms in total. The molecule has 8 heteroatoms. The van der Waals surface area contributed by atoms with Crippen LogP contribution in [0.5, 0.6) is 0 Å². The van der Waals surface area contributed by atoms with E-state index in [-0.39, 0.29) is 22.4 Å². The maximum absolute atomic E-state index is 11.9. The summed E-state index contributed by atoms with van der Waals surface area (Å²) in [5.74, 6) is 0.291. The highest BCUT2D eigenvalue weighted by Crippen LogP contribution is 2.17. The Bertz CT molecular complexity index is 605. The highest BCUT2D eigenvalue weighted by atomic mass is 32.2. The molecule has 0 bridgehead atoms. The number of nitro groups is 1. The number of hydrogen-bond acceptors (Lipinski definition) is 5. The molecule has 0 saturated carbocycles. The van der Waals surface area contributed by atoms with Gasteiger partial charge in [-0.15, -0.1) is 4.40 Å². The standard InChI is InChI=1S/C12H16N2O5S/c1-9(2)8-19-10(3)13-20(17,18)12-6-4-11(5-7-12)14(15)16/h4-7,9H,8H2,1-3H3. The second kappa shape index (κ2) is 6.47. The van der Waals surface area contributed by atoms with Gasteiger partial charge in [0.15, 0.2) is 5.90 Å². The molecule has 0 fully saturated rings. The Morgan fingerprint density at radius 3 is 2.35 bits per heavy atom. The maximum Gasteiger partial charge on any atom is 0.285 e. The fraction of sp³-hybridized carbons (Fsp3) is 0.417. The fourth-order valence-electron chi connectivity index (χ4n) is 1.28. The molecule has 0 aliphatic rings. The first-order chi connectivity index (χ1) is 9.22. The normalized spacial score (nSPS) is 12.5. The molecule has 0 atom stereocenters. The highest BCUT2D eigenvalue weighted by Gasteiger charge is 2.15. The van der Waals surface area contributed by atoms with Crippen molar-refractivity contribution in [3.63, 3.8) is 0 Å². The van der Waals surface area contributed by atoms with Crippen molar-refractivity contribution < 1.29 is 18.1 Å². The van der Waals surface area contributed by atoms with E-state index in [9.17, 15) is 18.5 Å². The molecular weight excluding hydrogens is 284 g/mol. The smallest absolute Gasteiger partial charge is 0.285 e. The predicted molar refractivity (Wildman–Crippen MR) is 74.2 cm³/mol. The van der Waals surface area contributed by atoms with Crippen LogP contribution in [0.4, 0.5) is 5.69 Å². The molecular formula is C12H16N2O5S. The molecule has 0 unspecified atom stereocenters. The molecule has 1 rings (SSSR count). The third-order valence-electron chi connectivity index (χ3n) is 2.22. The van der Waals surface area contributed by atoms with Gasteiger partial charge in [0.25, 0.3) is 15.7 Å². The number of non-ortho nitro benzene ring substituents is 1. The third-order valence-corrected chi connectivity index (χ3v) is 3.59. The Balaban J connectivity index is 2.93. The minimum absolute atomic E-state index is 0.0389. The molecule has 0 aliphatic heterocycles. The molecule has 1 aromatic carbocycles. The first kappa shape index (κ1) is 16.1. The first-order valence-corrected chi connectivity index (χ1v) is 7.35. The molecule has 1 aromatic rings. The van der Waals surface area contributed by atoms with Crippen LogP contribution in [-0.2, 0) is 14.8 Å². The number of nitrogens with zero attached hydrogens (tertiary/aromatic N) is 2. The molecule has 0 N–H and O–H groups in total. The minimum atomic E-state index is -3.91. The van der Waals surface area contributed by atoms with Crippen molar-refractivity contribution in [1.29, 1.82) is 0 Å². The van der Waals surface area contributed by atoms with Gasteiger partial charge in [-0.05, 0) is 18.1 Å². The van der Waals surface area contributed by atoms with Crippen LogP contribution in [0.2, 0.25) is 0 Å². The van der Waals surface area contributed by atoms with Gasteiger partial charge in [-0.25, -0.2) is 0 Å². The molecule has 0 spiro atoms. The third kappa shape index (κ3) is 4.61. The Hall–Kier alpha value is -1.96. The monoisotopic (exact) mass is 300 g/mol. The van der Waals surface area contributed by atoms with Gasteiger partial charge < -0.3 is 4.74 Å². The van der Waals surface area contributed by atoms with E-state index in [1.165, 1.54) is 6.92 Å². The van der Waals surface area contributed by atoms with Crippen LogP contribution in [0.15, 0.2) is 33.6 Å². The Labute approximate surface area is 117 Å². The lowest BCUT2D eigenvalue weighted by Gasteiger charge is -2.07. The summed E-state index contributed by atoms with van der Waals surface area (Å²) in [6, 6.07) is 4.53. The van der Waals surface area contributed by atoms with Crippen molar-refractivity contribution in [3.05, 3.63) is 34.4 Å². The van der Waals surface area contributed by atoms with E-state index in [0.29, 0.717) is 6.61 Å². The van der Waals surface area contributed by atoms with Crippen LogP contribution >= 0.6 is 0 Å². The van der Waals surface area contributed by atoms with Gasteiger partial charge in [-0.3, -0.25) is 10.1 Å². The van der Waals surface area contributed by atoms with Gasteiger partial charge in [0.1, 0.15) is 0 Å². The Kier molecular flexibility index (Phi) is 5.20. The molecule has 0 saturated heterocycles. The number of hydrogen-bond donors (Lipinski definition) is 0. The van der Waals surface area contributed by atoms with Gasteiger partial charge >= 0.3 is 0 Å². The summed E-state index contributed by atoms with van der Waals surface area (Å²) in [5.41, 5.74) is -0.180. The summed E-state index contributed by atoms with van der Waals surface area (Å²) >= 11 is 0. The summed E-state index contributed by atoms with van der Waals surface area (Å²) in [6.07, 6.45) is 0. The molecule has 0 heterocycles. The van der Waals surface area contributed by atoms with E-state index >= 15 is 0 Å². The van der Waals surface area contributed by atoms with E-state index in [0.717, 1.165) is 24.3 Å². The summed E-state index contributed by atoms with van der Waals surface area (Å²) in [5, 5.41) is 10.5. The second-order valence-corrected chi connectivity index (χ2v) is 6.15. The lowest BCUT2D eigenvalue weighted by atomic mass is 10.2. The topological polar surface area (TPSA) is 98.9 Å². The van der Waals surface area contributed by atoms with E-state index in [1.807, 2.05) is 13.8 Å². The molecule has 110 valence electrons. The Morgan fingerprint density at radius 2 is 1.90 bits per heavy atom. The van der Waals surface area contributed by atoms with Crippen LogP contribution in [0.1, 0.15) is 20.8 Å². The highest BCUT2D eigenvalue weighted by molar-refractivity contribution is 7.90. The van der Waals surface area contributed by atoms with E-state index in [1.54, 1.807) is 0 Å². The zero-order chi connectivity index (χ0) is 15.3. The number of ether oxygens (including phenoxy) is 1. The summed E-state index contributed by atoms with van der Waals surface area (Å²) < 4.78 is 32.6. The number of sulfonamides is 1. The number of benzene rings is 1. The van der Waals surface area contributed by atoms with Crippen LogP contribution in [0.3, 0.4) is 0 Å². The van der Waals surface area contributed by atoms with Crippen LogP contribution in [-0.4, -0.2) is 25.8 Å². The Morgan fingerprint density at radius 1 is 1.35 bits per heavy atom. The van der Waals surface area contributed by atoms with E-state index in [4.69, 9.17) is 4.74 Å². The minimum Gasteiger partial charge on any atom is -0.480 e. The molecule has 0 aromatic heterocycles. The zero-order valence-corrected chi connectivity index (χ0v) is 12.3. The van der Waals surface area contributed by atoms with Crippen LogP contribution < -0.4 is 0 Å². The van der Waals surface area contributed by atoms with Crippen molar-refractivity contribution in [2.45, 2.75) is 25.7 Å². The van der Waals surface area contributed by atoms with Gasteiger partial charge in [-0.1, -0.05) is 13.8 Å². The van der Waals surface area contributed by atoms with Gasteiger partial charge in [0.05, 0.1) is 16.4 Å². The van der Waals surface area contributed by atoms with Crippen LogP contribution in [0.25, 0.3) is 0 Å². The van der Waals surface area contributed by atoms with Gasteiger partial charge in [0, 0.05) is 19.1 Å². The SMILES string of the molecule is CC(=NS(=O)(=O)c1ccc([N+](=O)[O-])cc1)OCC(C)C. The second-order valence-electron chi connectivity index (χ2n) is 4.54. The van der Waals surface area contributed by atoms with Crippen molar-refractivity contribution in [2.75, 3.05) is 6.61 Å². The molecule has 20 heavy (non-hydrogen) atoms. The van der Waals surface area contributed by atoms with Crippen molar-refractivity contribution >= 4 is 21.6 Å². The fourth-order valence-corrected chi connectivity index (χ4v) is 2.25. The van der Waals surface area contributed by atoms with Gasteiger partial charge in [0.2, 0.25) is 0 Å². The van der Waals surface area contributed by atoms with Crippen LogP contribution in [0, 0.1) is 16.0 Å². The largest absolute Gasteiger partial charge is 0.480 e. The number of nitro benzene ring substituents is 1. The molecule has 0 aliphatic carbocycles. The van der Waals surface area contributed by atoms with Crippen molar-refractivity contribution in [1.82, 2.24) is 0 Å². The maximum atomic E-state index is 11.9. The number of rotatable bonds is 5. The quantitative estimate of drug-likeness (QED) is 0.360. The average Bonchev–Trinajstić information content (AvgIpc) is 2.36. The van der Waals surface area contributed by atoms with Crippen molar-refractivity contribution in [2.24, 2.45) is 10.3 Å². The molecule has 0 amide bonds. The average molecular weight is 300 g/mol. The summed E-state index contributed by atoms with van der Waals surface area (Å²) in [6.45, 7) is 5.67. The zero-order valence-electron chi connectivity index (χ0n) is 11.4. The summed E-state index contributed by atoms with van der Waals surface area (Å²) in [4.78, 5) is 9.78. The van der Waals surface area contributed by atoms with Gasteiger partial charge in [-0.2, -0.15) is 8.42 Å². The summed E-state index contributed by atoms with van der Waals surface area (Å²) in [7, 11) is -3.91. The first-order valence-electron chi connectivity index (χ1n) is 5.91. The predicted octanol–water partition coefficient (Wildman–Crippen LogP) is 2.37. The van der Waals surface area contributed by atoms with Crippen molar-refractivity contribution in [3.8, 4) is 0 Å². The lowest BCUT2D eigenvalue weighted by molar-refractivity contribution is -0.384. The molecule has 0 radical (unpaired) electrons.